The van der Waals surface area contributed by atoms with Crippen LogP contribution in [0.3, 0.4) is 0 Å². The molecule has 4 heteroatoms. The van der Waals surface area contributed by atoms with Crippen LogP contribution in [0, 0.1) is 5.92 Å². The molecule has 0 aliphatic heterocycles. The van der Waals surface area contributed by atoms with Crippen molar-refractivity contribution in [2.75, 3.05) is 18.5 Å². The molecule has 0 spiro atoms. The fourth-order valence-electron chi connectivity index (χ4n) is 3.28. The van der Waals surface area contributed by atoms with Crippen LogP contribution in [-0.2, 0) is 9.53 Å². The van der Waals surface area contributed by atoms with Crippen molar-refractivity contribution in [1.82, 2.24) is 0 Å². The summed E-state index contributed by atoms with van der Waals surface area (Å²) in [6, 6.07) is 7.55. The number of nitrogens with one attached hydrogen (secondary N) is 1. The van der Waals surface area contributed by atoms with E-state index in [0.717, 1.165) is 37.1 Å². The summed E-state index contributed by atoms with van der Waals surface area (Å²) in [5.74, 6) is 1.33. The lowest BCUT2D eigenvalue weighted by atomic mass is 9.78. The van der Waals surface area contributed by atoms with E-state index in [0.29, 0.717) is 19.1 Å². The molecule has 1 fully saturated rings. The number of ether oxygens (including phenoxy) is 2. The largest absolute Gasteiger partial charge is 0.494 e. The van der Waals surface area contributed by atoms with Gasteiger partial charge < -0.3 is 14.8 Å². The zero-order valence-corrected chi connectivity index (χ0v) is 14.6. The van der Waals surface area contributed by atoms with Crippen molar-refractivity contribution < 1.29 is 14.3 Å². The average Bonchev–Trinajstić information content (AvgIpc) is 2.54. The molecule has 1 aliphatic rings. The van der Waals surface area contributed by atoms with Crippen LogP contribution in [-0.4, -0.2) is 24.7 Å². The fraction of sp³-hybridized carbons (Fsp3) is 0.632. The van der Waals surface area contributed by atoms with Gasteiger partial charge in [-0.2, -0.15) is 0 Å². The van der Waals surface area contributed by atoms with Gasteiger partial charge in [0, 0.05) is 12.3 Å². The van der Waals surface area contributed by atoms with E-state index in [9.17, 15) is 4.79 Å². The molecule has 2 unspecified atom stereocenters. The zero-order chi connectivity index (χ0) is 16.7. The lowest BCUT2D eigenvalue weighted by Crippen LogP contribution is -2.48. The van der Waals surface area contributed by atoms with E-state index in [1.165, 1.54) is 6.42 Å². The minimum Gasteiger partial charge on any atom is -0.494 e. The lowest BCUT2D eigenvalue weighted by molar-refractivity contribution is -0.147. The molecule has 0 saturated heterocycles. The molecule has 2 rings (SSSR count). The molecule has 0 aromatic heterocycles. The van der Waals surface area contributed by atoms with Gasteiger partial charge in [-0.1, -0.05) is 20.3 Å². The standard InChI is InChI=1S/C19H29NO3/c1-4-13-22-17-10-8-16(9-11-17)20-18(21)19(23-5-2)12-6-7-15(3)14-19/h8-11,15H,4-7,12-14H2,1-3H3,(H,20,21). The van der Waals surface area contributed by atoms with Crippen LogP contribution in [0.1, 0.15) is 52.9 Å². The summed E-state index contributed by atoms with van der Waals surface area (Å²) >= 11 is 0. The van der Waals surface area contributed by atoms with Crippen molar-refractivity contribution in [1.29, 1.82) is 0 Å². The van der Waals surface area contributed by atoms with Gasteiger partial charge in [-0.3, -0.25) is 4.79 Å². The van der Waals surface area contributed by atoms with E-state index in [1.807, 2.05) is 31.2 Å². The van der Waals surface area contributed by atoms with Crippen LogP contribution in [0.2, 0.25) is 0 Å². The molecule has 1 aliphatic carbocycles. The van der Waals surface area contributed by atoms with Crippen molar-refractivity contribution in [3.63, 3.8) is 0 Å². The monoisotopic (exact) mass is 319 g/mol. The number of anilines is 1. The third-order valence-electron chi connectivity index (χ3n) is 4.38. The van der Waals surface area contributed by atoms with Gasteiger partial charge in [0.2, 0.25) is 0 Å². The third-order valence-corrected chi connectivity index (χ3v) is 4.38. The lowest BCUT2D eigenvalue weighted by Gasteiger charge is -2.38. The average molecular weight is 319 g/mol. The first-order valence-corrected chi connectivity index (χ1v) is 8.78. The predicted molar refractivity (Wildman–Crippen MR) is 92.8 cm³/mol. The van der Waals surface area contributed by atoms with Crippen LogP contribution in [0.15, 0.2) is 24.3 Å². The van der Waals surface area contributed by atoms with E-state index >= 15 is 0 Å². The van der Waals surface area contributed by atoms with E-state index < -0.39 is 5.60 Å². The van der Waals surface area contributed by atoms with Crippen LogP contribution >= 0.6 is 0 Å². The Hall–Kier alpha value is -1.55. The van der Waals surface area contributed by atoms with Crippen molar-refractivity contribution in [2.24, 2.45) is 5.92 Å². The Kier molecular flexibility index (Phi) is 6.46. The first kappa shape index (κ1) is 17.8. The smallest absolute Gasteiger partial charge is 0.256 e. The molecule has 0 bridgehead atoms. The summed E-state index contributed by atoms with van der Waals surface area (Å²) in [6.45, 7) is 7.49. The molecule has 4 nitrogen and oxygen atoms in total. The molecule has 1 N–H and O–H groups in total. The van der Waals surface area contributed by atoms with Crippen LogP contribution in [0.4, 0.5) is 5.69 Å². The molecule has 1 amide bonds. The fourth-order valence-corrected chi connectivity index (χ4v) is 3.28. The first-order chi connectivity index (χ1) is 11.1. The summed E-state index contributed by atoms with van der Waals surface area (Å²) in [5.41, 5.74) is 0.111. The Labute approximate surface area is 139 Å². The Morgan fingerprint density at radius 3 is 2.65 bits per heavy atom. The summed E-state index contributed by atoms with van der Waals surface area (Å²) in [4.78, 5) is 12.8. The van der Waals surface area contributed by atoms with Crippen LogP contribution < -0.4 is 10.1 Å². The van der Waals surface area contributed by atoms with E-state index in [4.69, 9.17) is 9.47 Å². The summed E-state index contributed by atoms with van der Waals surface area (Å²) in [7, 11) is 0. The molecule has 0 heterocycles. The second-order valence-electron chi connectivity index (χ2n) is 6.46. The maximum atomic E-state index is 12.8. The number of hydrogen-bond acceptors (Lipinski definition) is 3. The zero-order valence-electron chi connectivity index (χ0n) is 14.6. The van der Waals surface area contributed by atoms with Gasteiger partial charge in [-0.25, -0.2) is 0 Å². The van der Waals surface area contributed by atoms with Crippen molar-refractivity contribution in [2.45, 2.75) is 58.5 Å². The van der Waals surface area contributed by atoms with Crippen LogP contribution in [0.5, 0.6) is 5.75 Å². The number of rotatable bonds is 7. The van der Waals surface area contributed by atoms with Crippen molar-refractivity contribution >= 4 is 11.6 Å². The minimum atomic E-state index is -0.677. The van der Waals surface area contributed by atoms with Gasteiger partial charge in [0.05, 0.1) is 6.61 Å². The van der Waals surface area contributed by atoms with Crippen molar-refractivity contribution in [3.05, 3.63) is 24.3 Å². The summed E-state index contributed by atoms with van der Waals surface area (Å²) in [6.07, 6.45) is 4.79. The molecular formula is C19H29NO3. The highest BCUT2D eigenvalue weighted by molar-refractivity contribution is 5.97. The molecule has 1 saturated carbocycles. The van der Waals surface area contributed by atoms with E-state index in [-0.39, 0.29) is 5.91 Å². The molecule has 23 heavy (non-hydrogen) atoms. The van der Waals surface area contributed by atoms with E-state index in [2.05, 4.69) is 19.2 Å². The second-order valence-corrected chi connectivity index (χ2v) is 6.46. The Morgan fingerprint density at radius 2 is 2.04 bits per heavy atom. The normalized spacial score (nSPS) is 24.2. The Morgan fingerprint density at radius 1 is 1.30 bits per heavy atom. The van der Waals surface area contributed by atoms with Crippen LogP contribution in [0.25, 0.3) is 0 Å². The van der Waals surface area contributed by atoms with Gasteiger partial charge in [0.1, 0.15) is 11.4 Å². The van der Waals surface area contributed by atoms with E-state index in [1.54, 1.807) is 0 Å². The maximum absolute atomic E-state index is 12.8. The Balaban J connectivity index is 2.03. The van der Waals surface area contributed by atoms with Gasteiger partial charge in [0.25, 0.3) is 5.91 Å². The minimum absolute atomic E-state index is 0.0203. The highest BCUT2D eigenvalue weighted by Crippen LogP contribution is 2.36. The number of hydrogen-bond donors (Lipinski definition) is 1. The van der Waals surface area contributed by atoms with Gasteiger partial charge in [0.15, 0.2) is 0 Å². The number of amides is 1. The number of carbonyl (C=O) groups is 1. The van der Waals surface area contributed by atoms with Crippen molar-refractivity contribution in [3.8, 4) is 5.75 Å². The molecular weight excluding hydrogens is 290 g/mol. The molecule has 1 aromatic carbocycles. The third kappa shape index (κ3) is 4.71. The first-order valence-electron chi connectivity index (χ1n) is 8.78. The quantitative estimate of drug-likeness (QED) is 0.810. The summed E-state index contributed by atoms with van der Waals surface area (Å²) in [5, 5.41) is 3.02. The maximum Gasteiger partial charge on any atom is 0.256 e. The van der Waals surface area contributed by atoms with Gasteiger partial charge in [-0.15, -0.1) is 0 Å². The highest BCUT2D eigenvalue weighted by atomic mass is 16.5. The second kappa shape index (κ2) is 8.34. The molecule has 1 aromatic rings. The van der Waals surface area contributed by atoms with Gasteiger partial charge in [-0.05, 0) is 62.8 Å². The summed E-state index contributed by atoms with van der Waals surface area (Å²) < 4.78 is 11.5. The molecule has 128 valence electrons. The number of carbonyl (C=O) groups excluding carboxylic acids is 1. The topological polar surface area (TPSA) is 47.6 Å². The number of benzene rings is 1. The van der Waals surface area contributed by atoms with Gasteiger partial charge >= 0.3 is 0 Å². The SMILES string of the molecule is CCCOc1ccc(NC(=O)C2(OCC)CCCC(C)C2)cc1. The predicted octanol–water partition coefficient (Wildman–Crippen LogP) is 4.40. The molecule has 0 radical (unpaired) electrons. The highest BCUT2D eigenvalue weighted by Gasteiger charge is 2.42. The Bertz CT molecular complexity index is 496. The molecule has 2 atom stereocenters.